The molecule has 0 aliphatic heterocycles. The zero-order valence-electron chi connectivity index (χ0n) is 16.6. The molecule has 0 atom stereocenters. The summed E-state index contributed by atoms with van der Waals surface area (Å²) >= 11 is 0. The Balaban J connectivity index is 0.00000420. The number of anilines is 1. The number of halogens is 1. The Kier molecular flexibility index (Phi) is 9.24. The summed E-state index contributed by atoms with van der Waals surface area (Å²) in [5, 5.41) is 17.2. The molecule has 8 nitrogen and oxygen atoms in total. The monoisotopic (exact) mass is 420 g/mol. The highest BCUT2D eigenvalue weighted by atomic mass is 35.5. The van der Waals surface area contributed by atoms with E-state index in [0.717, 1.165) is 6.54 Å². The highest BCUT2D eigenvalue weighted by molar-refractivity contribution is 6.15. The zero-order chi connectivity index (χ0) is 20.7. The molecule has 0 heterocycles. The van der Waals surface area contributed by atoms with Gasteiger partial charge >= 0.3 is 0 Å². The second-order valence-electron chi connectivity index (χ2n) is 6.34. The van der Waals surface area contributed by atoms with Crippen molar-refractivity contribution >= 4 is 35.5 Å². The fourth-order valence-electron chi connectivity index (χ4n) is 2.76. The molecule has 2 aromatic carbocycles. The number of ketones is 1. The molecule has 0 saturated carbocycles. The largest absolute Gasteiger partial charge is 0.372 e. The molecule has 0 aliphatic rings. The standard InChI is InChI=1S/C20H24N4O4.ClH/c1-4-21-11-12-22-20(26)16-8-6-5-7-15(16)19(25)14-9-10-17(23(2)3)18(13-14)24(27)28;/h5-10,13,21H,4,11-12H2,1-3H3,(H,22,26);1H. The van der Waals surface area contributed by atoms with E-state index in [1.807, 2.05) is 6.92 Å². The van der Waals surface area contributed by atoms with Crippen molar-refractivity contribution in [1.29, 1.82) is 0 Å². The van der Waals surface area contributed by atoms with Gasteiger partial charge in [-0.2, -0.15) is 0 Å². The van der Waals surface area contributed by atoms with E-state index in [2.05, 4.69) is 10.6 Å². The van der Waals surface area contributed by atoms with Crippen LogP contribution in [-0.4, -0.2) is 50.3 Å². The van der Waals surface area contributed by atoms with E-state index in [1.54, 1.807) is 43.3 Å². The first-order valence-electron chi connectivity index (χ1n) is 8.95. The van der Waals surface area contributed by atoms with E-state index < -0.39 is 10.7 Å². The number of benzene rings is 2. The molecular weight excluding hydrogens is 396 g/mol. The number of hydrogen-bond donors (Lipinski definition) is 2. The lowest BCUT2D eigenvalue weighted by atomic mass is 9.97. The van der Waals surface area contributed by atoms with E-state index in [9.17, 15) is 19.7 Å². The number of nitro benzene ring substituents is 1. The maximum atomic E-state index is 13.0. The molecule has 2 aromatic rings. The molecule has 9 heteroatoms. The predicted octanol–water partition coefficient (Wildman–Crippen LogP) is 2.65. The summed E-state index contributed by atoms with van der Waals surface area (Å²) < 4.78 is 0. The minimum Gasteiger partial charge on any atom is -0.372 e. The van der Waals surface area contributed by atoms with Crippen LogP contribution < -0.4 is 15.5 Å². The normalized spacial score (nSPS) is 10.0. The number of nitro groups is 1. The number of rotatable bonds is 9. The number of nitrogens with zero attached hydrogens (tertiary/aromatic N) is 2. The average Bonchev–Trinajstić information content (AvgIpc) is 2.69. The first-order valence-corrected chi connectivity index (χ1v) is 8.95. The lowest BCUT2D eigenvalue weighted by Gasteiger charge is -2.14. The fraction of sp³-hybridized carbons (Fsp3) is 0.300. The third kappa shape index (κ3) is 6.00. The van der Waals surface area contributed by atoms with Crippen molar-refractivity contribution in [2.24, 2.45) is 0 Å². The van der Waals surface area contributed by atoms with Crippen molar-refractivity contribution in [1.82, 2.24) is 10.6 Å². The molecule has 0 unspecified atom stereocenters. The van der Waals surface area contributed by atoms with Gasteiger partial charge in [0.1, 0.15) is 5.69 Å². The van der Waals surface area contributed by atoms with Gasteiger partial charge in [-0.3, -0.25) is 19.7 Å². The first kappa shape index (κ1) is 24.1. The molecule has 2 rings (SSSR count). The second kappa shape index (κ2) is 11.1. The van der Waals surface area contributed by atoms with Gasteiger partial charge in [-0.05, 0) is 24.7 Å². The van der Waals surface area contributed by atoms with Crippen molar-refractivity contribution in [3.8, 4) is 0 Å². The molecule has 0 saturated heterocycles. The highest BCUT2D eigenvalue weighted by Gasteiger charge is 2.22. The van der Waals surface area contributed by atoms with Gasteiger partial charge in [-0.25, -0.2) is 0 Å². The molecule has 0 bridgehead atoms. The minimum atomic E-state index is -0.522. The van der Waals surface area contributed by atoms with E-state index in [0.29, 0.717) is 18.8 Å². The minimum absolute atomic E-state index is 0. The summed E-state index contributed by atoms with van der Waals surface area (Å²) in [7, 11) is 3.38. The van der Waals surface area contributed by atoms with Crippen LogP contribution in [0.4, 0.5) is 11.4 Å². The molecule has 0 spiro atoms. The van der Waals surface area contributed by atoms with Crippen molar-refractivity contribution < 1.29 is 14.5 Å². The van der Waals surface area contributed by atoms with Crippen LogP contribution in [0.5, 0.6) is 0 Å². The molecular formula is C20H25ClN4O4. The number of carbonyl (C=O) groups is 2. The zero-order valence-corrected chi connectivity index (χ0v) is 17.4. The quantitative estimate of drug-likeness (QED) is 0.279. The van der Waals surface area contributed by atoms with Gasteiger partial charge in [-0.15, -0.1) is 12.4 Å². The Bertz CT molecular complexity index is 887. The molecule has 156 valence electrons. The molecule has 29 heavy (non-hydrogen) atoms. The van der Waals surface area contributed by atoms with Crippen molar-refractivity contribution in [2.75, 3.05) is 38.6 Å². The lowest BCUT2D eigenvalue weighted by molar-refractivity contribution is -0.384. The van der Waals surface area contributed by atoms with Gasteiger partial charge in [0.05, 0.1) is 10.5 Å². The predicted molar refractivity (Wildman–Crippen MR) is 115 cm³/mol. The van der Waals surface area contributed by atoms with E-state index in [-0.39, 0.29) is 40.7 Å². The topological polar surface area (TPSA) is 105 Å². The molecule has 0 aromatic heterocycles. The van der Waals surface area contributed by atoms with Crippen molar-refractivity contribution in [3.63, 3.8) is 0 Å². The number of hydrogen-bond acceptors (Lipinski definition) is 6. The Morgan fingerprint density at radius 3 is 2.31 bits per heavy atom. The van der Waals surface area contributed by atoms with Crippen LogP contribution >= 0.6 is 12.4 Å². The van der Waals surface area contributed by atoms with Crippen LogP contribution in [0.3, 0.4) is 0 Å². The molecule has 2 N–H and O–H groups in total. The van der Waals surface area contributed by atoms with E-state index >= 15 is 0 Å². The number of likely N-dealkylation sites (N-methyl/N-ethyl adjacent to an activating group) is 1. The van der Waals surface area contributed by atoms with Gasteiger partial charge in [0, 0.05) is 44.4 Å². The summed E-state index contributed by atoms with van der Waals surface area (Å²) in [6.07, 6.45) is 0. The second-order valence-corrected chi connectivity index (χ2v) is 6.34. The highest BCUT2D eigenvalue weighted by Crippen LogP contribution is 2.29. The maximum absolute atomic E-state index is 13.0. The molecule has 0 radical (unpaired) electrons. The SMILES string of the molecule is CCNCCNC(=O)c1ccccc1C(=O)c1ccc(N(C)C)c([N+](=O)[O-])c1.Cl. The van der Waals surface area contributed by atoms with E-state index in [1.165, 1.54) is 18.2 Å². The van der Waals surface area contributed by atoms with Gasteiger partial charge in [0.15, 0.2) is 5.78 Å². The van der Waals surface area contributed by atoms with Crippen molar-refractivity contribution in [3.05, 3.63) is 69.3 Å². The van der Waals surface area contributed by atoms with Gasteiger partial charge < -0.3 is 15.5 Å². The van der Waals surface area contributed by atoms with Gasteiger partial charge in [-0.1, -0.05) is 25.1 Å². The van der Waals surface area contributed by atoms with Crippen LogP contribution in [0.25, 0.3) is 0 Å². The summed E-state index contributed by atoms with van der Waals surface area (Å²) in [5.41, 5.74) is 0.836. The lowest BCUT2D eigenvalue weighted by Crippen LogP contribution is -2.32. The Labute approximate surface area is 175 Å². The fourth-order valence-corrected chi connectivity index (χ4v) is 2.76. The van der Waals surface area contributed by atoms with Crippen LogP contribution in [0.1, 0.15) is 33.2 Å². The van der Waals surface area contributed by atoms with Crippen LogP contribution in [0.15, 0.2) is 42.5 Å². The maximum Gasteiger partial charge on any atom is 0.293 e. The Morgan fingerprint density at radius 2 is 1.72 bits per heavy atom. The number of amides is 1. The average molecular weight is 421 g/mol. The number of nitrogens with one attached hydrogen (secondary N) is 2. The summed E-state index contributed by atoms with van der Waals surface area (Å²) in [6.45, 7) is 3.82. The summed E-state index contributed by atoms with van der Waals surface area (Å²) in [5.74, 6) is -0.799. The number of carbonyl (C=O) groups excluding carboxylic acids is 2. The third-order valence-electron chi connectivity index (χ3n) is 4.17. The Morgan fingerprint density at radius 1 is 1.07 bits per heavy atom. The summed E-state index contributed by atoms with van der Waals surface area (Å²) in [4.78, 5) is 37.9. The van der Waals surface area contributed by atoms with Gasteiger partial charge in [0.2, 0.25) is 0 Å². The molecule has 0 aliphatic carbocycles. The first-order chi connectivity index (χ1) is 13.4. The van der Waals surface area contributed by atoms with E-state index in [4.69, 9.17) is 0 Å². The van der Waals surface area contributed by atoms with Crippen LogP contribution in [0, 0.1) is 10.1 Å². The van der Waals surface area contributed by atoms with Crippen LogP contribution in [-0.2, 0) is 0 Å². The smallest absolute Gasteiger partial charge is 0.293 e. The molecule has 1 amide bonds. The third-order valence-corrected chi connectivity index (χ3v) is 4.17. The van der Waals surface area contributed by atoms with Gasteiger partial charge in [0.25, 0.3) is 11.6 Å². The molecule has 0 fully saturated rings. The van der Waals surface area contributed by atoms with Crippen molar-refractivity contribution in [2.45, 2.75) is 6.92 Å². The summed E-state index contributed by atoms with van der Waals surface area (Å²) in [6, 6.07) is 10.8. The Hall–Kier alpha value is -2.97. The van der Waals surface area contributed by atoms with Crippen LogP contribution in [0.2, 0.25) is 0 Å².